The fourth-order valence-corrected chi connectivity index (χ4v) is 1.83. The Labute approximate surface area is 107 Å². The topological polar surface area (TPSA) is 0 Å². The molecular weight excluding hydrogens is 228 g/mol. The smallest absolute Gasteiger partial charge is 0.0406 e. The number of halogens is 1. The molecule has 2 aromatic rings. The summed E-state index contributed by atoms with van der Waals surface area (Å²) >= 11 is 5.90. The molecule has 0 saturated carbocycles. The van der Waals surface area contributed by atoms with Crippen molar-refractivity contribution in [2.24, 2.45) is 0 Å². The van der Waals surface area contributed by atoms with Crippen molar-refractivity contribution in [1.29, 1.82) is 0 Å². The third-order valence-electron chi connectivity index (χ3n) is 2.48. The summed E-state index contributed by atoms with van der Waals surface area (Å²) < 4.78 is 0. The molecule has 1 heteroatoms. The van der Waals surface area contributed by atoms with E-state index in [4.69, 9.17) is 11.6 Å². The second kappa shape index (κ2) is 5.54. The van der Waals surface area contributed by atoms with Crippen LogP contribution in [0.25, 0.3) is 5.57 Å². The molecule has 2 rings (SSSR count). The van der Waals surface area contributed by atoms with E-state index in [-0.39, 0.29) is 0 Å². The van der Waals surface area contributed by atoms with Gasteiger partial charge in [-0.1, -0.05) is 54.1 Å². The van der Waals surface area contributed by atoms with E-state index in [1.54, 1.807) is 0 Å². The van der Waals surface area contributed by atoms with Crippen LogP contribution in [0.5, 0.6) is 0 Å². The molecule has 0 nitrogen and oxygen atoms in total. The molecule has 0 aliphatic rings. The Kier molecular flexibility index (Phi) is 3.82. The third kappa shape index (κ3) is 2.88. The van der Waals surface area contributed by atoms with Gasteiger partial charge in [-0.25, -0.2) is 0 Å². The number of allylic oxidation sites excluding steroid dienone is 1. The van der Waals surface area contributed by atoms with Crippen LogP contribution in [0.4, 0.5) is 0 Å². The molecule has 0 atom stereocenters. The molecular formula is C16H13Cl. The highest BCUT2D eigenvalue weighted by Gasteiger charge is 2.03. The first-order valence-corrected chi connectivity index (χ1v) is 5.92. The van der Waals surface area contributed by atoms with Crippen LogP contribution in [-0.2, 0) is 0 Å². The molecule has 0 unspecified atom stereocenters. The first-order valence-electron chi connectivity index (χ1n) is 5.54. The first-order chi connectivity index (χ1) is 8.31. The van der Waals surface area contributed by atoms with Crippen LogP contribution in [0.1, 0.15) is 18.1 Å². The van der Waals surface area contributed by atoms with Crippen molar-refractivity contribution in [1.82, 2.24) is 0 Å². The Bertz CT molecular complexity index is 544. The van der Waals surface area contributed by atoms with Crippen LogP contribution in [-0.4, -0.2) is 0 Å². The molecule has 84 valence electrons. The van der Waals surface area contributed by atoms with Gasteiger partial charge in [0.05, 0.1) is 0 Å². The van der Waals surface area contributed by atoms with Crippen LogP contribution in [0, 0.1) is 0 Å². The van der Waals surface area contributed by atoms with E-state index in [1.807, 2.05) is 55.5 Å². The van der Waals surface area contributed by atoms with Crippen molar-refractivity contribution >= 4 is 17.2 Å². The molecule has 0 aliphatic carbocycles. The molecule has 0 spiro atoms. The minimum Gasteiger partial charge on any atom is -0.116 e. The quantitative estimate of drug-likeness (QED) is 0.652. The second-order valence-corrected chi connectivity index (χ2v) is 4.12. The summed E-state index contributed by atoms with van der Waals surface area (Å²) in [7, 11) is 0. The molecule has 0 bridgehead atoms. The van der Waals surface area contributed by atoms with Crippen LogP contribution in [0.15, 0.2) is 66.4 Å². The van der Waals surface area contributed by atoms with E-state index < -0.39 is 0 Å². The molecule has 0 radical (unpaired) electrons. The fourth-order valence-electron chi connectivity index (χ4n) is 1.70. The van der Waals surface area contributed by atoms with Crippen LogP contribution < -0.4 is 0 Å². The third-order valence-corrected chi connectivity index (χ3v) is 2.74. The van der Waals surface area contributed by atoms with Gasteiger partial charge in [0.1, 0.15) is 0 Å². The molecule has 17 heavy (non-hydrogen) atoms. The average Bonchev–Trinajstić information content (AvgIpc) is 2.38. The van der Waals surface area contributed by atoms with Crippen LogP contribution in [0.2, 0.25) is 5.02 Å². The van der Waals surface area contributed by atoms with Gasteiger partial charge in [-0.15, -0.1) is 5.73 Å². The minimum absolute atomic E-state index is 0.752. The molecule has 0 aliphatic heterocycles. The largest absolute Gasteiger partial charge is 0.116 e. The molecule has 0 fully saturated rings. The second-order valence-electron chi connectivity index (χ2n) is 3.68. The van der Waals surface area contributed by atoms with Gasteiger partial charge < -0.3 is 0 Å². The predicted octanol–water partition coefficient (Wildman–Crippen LogP) is 4.95. The van der Waals surface area contributed by atoms with Gasteiger partial charge >= 0.3 is 0 Å². The molecule has 0 saturated heterocycles. The first kappa shape index (κ1) is 11.7. The summed E-state index contributed by atoms with van der Waals surface area (Å²) in [5, 5.41) is 0.752. The summed E-state index contributed by atoms with van der Waals surface area (Å²) in [6.07, 6.45) is 1.93. The summed E-state index contributed by atoms with van der Waals surface area (Å²) in [5.74, 6) is 0. The van der Waals surface area contributed by atoms with Gasteiger partial charge in [0.25, 0.3) is 0 Å². The Morgan fingerprint density at radius 2 is 1.53 bits per heavy atom. The Hall–Kier alpha value is -1.75. The van der Waals surface area contributed by atoms with E-state index in [0.717, 1.165) is 21.7 Å². The van der Waals surface area contributed by atoms with Crippen molar-refractivity contribution in [3.05, 3.63) is 82.6 Å². The van der Waals surface area contributed by atoms with Crippen LogP contribution >= 0.6 is 11.6 Å². The highest BCUT2D eigenvalue weighted by molar-refractivity contribution is 6.30. The molecule has 0 amide bonds. The summed E-state index contributed by atoms with van der Waals surface area (Å²) in [4.78, 5) is 0. The highest BCUT2D eigenvalue weighted by Crippen LogP contribution is 2.23. The maximum absolute atomic E-state index is 5.90. The lowest BCUT2D eigenvalue weighted by Gasteiger charge is -2.05. The molecule has 2 aromatic carbocycles. The van der Waals surface area contributed by atoms with Gasteiger partial charge in [0.15, 0.2) is 0 Å². The zero-order valence-corrected chi connectivity index (χ0v) is 10.4. The molecule has 0 heterocycles. The number of hydrogen-bond acceptors (Lipinski definition) is 0. The maximum atomic E-state index is 5.90. The van der Waals surface area contributed by atoms with Gasteiger partial charge in [0.2, 0.25) is 0 Å². The van der Waals surface area contributed by atoms with Crippen molar-refractivity contribution in [3.8, 4) is 0 Å². The summed E-state index contributed by atoms with van der Waals surface area (Å²) in [6.45, 7) is 1.97. The standard InChI is InChI=1S/C16H13Cl/c1-2-6-16(13-7-4-3-5-8-13)14-9-11-15(17)12-10-14/h2-5,7-12H,1H3. The van der Waals surface area contributed by atoms with Gasteiger partial charge in [-0.3, -0.25) is 0 Å². The monoisotopic (exact) mass is 240 g/mol. The van der Waals surface area contributed by atoms with E-state index in [2.05, 4.69) is 17.9 Å². The van der Waals surface area contributed by atoms with E-state index in [1.165, 1.54) is 0 Å². The maximum Gasteiger partial charge on any atom is 0.0406 e. The lowest BCUT2D eigenvalue weighted by molar-refractivity contribution is 1.55. The number of rotatable bonds is 2. The van der Waals surface area contributed by atoms with E-state index in [9.17, 15) is 0 Å². The highest BCUT2D eigenvalue weighted by atomic mass is 35.5. The van der Waals surface area contributed by atoms with Gasteiger partial charge in [-0.05, 0) is 36.3 Å². The number of benzene rings is 2. The van der Waals surface area contributed by atoms with Crippen molar-refractivity contribution in [2.75, 3.05) is 0 Å². The zero-order valence-electron chi connectivity index (χ0n) is 9.65. The van der Waals surface area contributed by atoms with E-state index in [0.29, 0.717) is 0 Å². The fraction of sp³-hybridized carbons (Fsp3) is 0.0625. The van der Waals surface area contributed by atoms with Crippen molar-refractivity contribution in [2.45, 2.75) is 6.92 Å². The molecule has 0 N–H and O–H groups in total. The molecule has 0 aromatic heterocycles. The number of hydrogen-bond donors (Lipinski definition) is 0. The Morgan fingerprint density at radius 3 is 2.12 bits per heavy atom. The Morgan fingerprint density at radius 1 is 0.941 bits per heavy atom. The zero-order chi connectivity index (χ0) is 12.1. The SMILES string of the molecule is CC=C=C(c1ccccc1)c1ccc(Cl)cc1. The predicted molar refractivity (Wildman–Crippen MR) is 74.2 cm³/mol. The van der Waals surface area contributed by atoms with Crippen molar-refractivity contribution < 1.29 is 0 Å². The lowest BCUT2D eigenvalue weighted by atomic mass is 9.99. The summed E-state index contributed by atoms with van der Waals surface area (Å²) in [5.41, 5.74) is 6.65. The van der Waals surface area contributed by atoms with E-state index >= 15 is 0 Å². The normalized spacial score (nSPS) is 9.53. The van der Waals surface area contributed by atoms with Crippen molar-refractivity contribution in [3.63, 3.8) is 0 Å². The van der Waals surface area contributed by atoms with Gasteiger partial charge in [-0.2, -0.15) is 0 Å². The van der Waals surface area contributed by atoms with Gasteiger partial charge in [0, 0.05) is 10.6 Å². The summed E-state index contributed by atoms with van der Waals surface area (Å²) in [6, 6.07) is 18.1. The Balaban J connectivity index is 2.52. The van der Waals surface area contributed by atoms with Crippen LogP contribution in [0.3, 0.4) is 0 Å². The average molecular weight is 241 g/mol. The lowest BCUT2D eigenvalue weighted by Crippen LogP contribution is -1.85. The minimum atomic E-state index is 0.752.